The molecule has 2 amide bonds. The van der Waals surface area contributed by atoms with Crippen LogP contribution in [0.3, 0.4) is 0 Å². The zero-order valence-corrected chi connectivity index (χ0v) is 19.5. The summed E-state index contributed by atoms with van der Waals surface area (Å²) in [5, 5.41) is 9.31. The molecule has 8 heteroatoms. The van der Waals surface area contributed by atoms with Crippen LogP contribution in [0.4, 0.5) is 4.79 Å². The molecule has 1 heterocycles. The number of halogens is 1. The highest BCUT2D eigenvalue weighted by Gasteiger charge is 2.34. The SMILES string of the molecule is N#Cc1ccccc1COc1ccc(/C=C2\SC(=O)N(CCOc3ccccc3Cl)C2=O)cc1. The number of hydrogen-bond donors (Lipinski definition) is 0. The third kappa shape index (κ3) is 5.60. The van der Waals surface area contributed by atoms with Crippen molar-refractivity contribution in [3.63, 3.8) is 0 Å². The highest BCUT2D eigenvalue weighted by Crippen LogP contribution is 2.32. The lowest BCUT2D eigenvalue weighted by Crippen LogP contribution is -2.32. The molecule has 4 rings (SSSR count). The standard InChI is InChI=1S/C26H19ClN2O4S/c27-22-7-3-4-8-23(22)32-14-13-29-25(30)24(34-26(29)31)15-18-9-11-21(12-10-18)33-17-20-6-2-1-5-19(20)16-28/h1-12,15H,13-14,17H2/b24-15-. The third-order valence-corrected chi connectivity index (χ3v) is 6.21. The molecule has 1 aliphatic rings. The number of carbonyl (C=O) groups is 2. The fourth-order valence-corrected chi connectivity index (χ4v) is 4.28. The topological polar surface area (TPSA) is 79.6 Å². The second kappa shape index (κ2) is 10.9. The van der Waals surface area contributed by atoms with Crippen LogP contribution in [0.1, 0.15) is 16.7 Å². The van der Waals surface area contributed by atoms with Crippen molar-refractivity contribution in [1.82, 2.24) is 4.90 Å². The second-order valence-electron chi connectivity index (χ2n) is 7.24. The number of carbonyl (C=O) groups excluding carboxylic acids is 2. The van der Waals surface area contributed by atoms with Gasteiger partial charge in [0.15, 0.2) is 0 Å². The smallest absolute Gasteiger partial charge is 0.293 e. The van der Waals surface area contributed by atoms with E-state index in [4.69, 9.17) is 21.1 Å². The van der Waals surface area contributed by atoms with Gasteiger partial charge in [0.25, 0.3) is 11.1 Å². The van der Waals surface area contributed by atoms with Gasteiger partial charge in [-0.3, -0.25) is 14.5 Å². The van der Waals surface area contributed by atoms with Crippen molar-refractivity contribution in [2.24, 2.45) is 0 Å². The van der Waals surface area contributed by atoms with Crippen molar-refractivity contribution in [3.05, 3.63) is 99.4 Å². The minimum absolute atomic E-state index is 0.129. The number of amides is 2. The van der Waals surface area contributed by atoms with Crippen molar-refractivity contribution in [2.75, 3.05) is 13.2 Å². The predicted molar refractivity (Wildman–Crippen MR) is 132 cm³/mol. The van der Waals surface area contributed by atoms with Gasteiger partial charge < -0.3 is 9.47 Å². The quantitative estimate of drug-likeness (QED) is 0.365. The molecule has 170 valence electrons. The summed E-state index contributed by atoms with van der Waals surface area (Å²) in [4.78, 5) is 26.5. The molecule has 1 aliphatic heterocycles. The molecule has 1 fully saturated rings. The molecular formula is C26H19ClN2O4S. The fourth-order valence-electron chi connectivity index (χ4n) is 3.23. The summed E-state index contributed by atoms with van der Waals surface area (Å²) in [6.45, 7) is 0.554. The van der Waals surface area contributed by atoms with Crippen LogP contribution < -0.4 is 9.47 Å². The molecule has 0 atom stereocenters. The minimum atomic E-state index is -0.355. The van der Waals surface area contributed by atoms with E-state index in [1.807, 2.05) is 18.2 Å². The van der Waals surface area contributed by atoms with E-state index in [0.717, 1.165) is 27.8 Å². The molecule has 0 aliphatic carbocycles. The molecular weight excluding hydrogens is 472 g/mol. The zero-order valence-electron chi connectivity index (χ0n) is 17.9. The maximum absolute atomic E-state index is 12.7. The molecule has 3 aromatic rings. The number of ether oxygens (including phenoxy) is 2. The number of rotatable bonds is 8. The molecule has 0 bridgehead atoms. The van der Waals surface area contributed by atoms with Crippen LogP contribution in [0.5, 0.6) is 11.5 Å². The molecule has 0 N–H and O–H groups in total. The van der Waals surface area contributed by atoms with Gasteiger partial charge in [-0.05, 0) is 53.7 Å². The van der Waals surface area contributed by atoms with Gasteiger partial charge in [-0.15, -0.1) is 0 Å². The molecule has 6 nitrogen and oxygen atoms in total. The number of para-hydroxylation sites is 1. The van der Waals surface area contributed by atoms with Crippen molar-refractivity contribution >= 4 is 40.6 Å². The maximum atomic E-state index is 12.7. The van der Waals surface area contributed by atoms with Crippen molar-refractivity contribution in [1.29, 1.82) is 5.26 Å². The first-order valence-corrected chi connectivity index (χ1v) is 11.6. The van der Waals surface area contributed by atoms with E-state index in [0.29, 0.717) is 27.0 Å². The average Bonchev–Trinajstić information content (AvgIpc) is 3.12. The Morgan fingerprint density at radius 1 is 0.971 bits per heavy atom. The van der Waals surface area contributed by atoms with E-state index < -0.39 is 0 Å². The zero-order chi connectivity index (χ0) is 23.9. The van der Waals surface area contributed by atoms with Crippen molar-refractivity contribution < 1.29 is 19.1 Å². The van der Waals surface area contributed by atoms with Gasteiger partial charge in [-0.2, -0.15) is 5.26 Å². The first kappa shape index (κ1) is 23.4. The fraction of sp³-hybridized carbons (Fsp3) is 0.115. The van der Waals surface area contributed by atoms with E-state index in [9.17, 15) is 14.9 Å². The number of hydrogen-bond acceptors (Lipinski definition) is 6. The number of nitriles is 1. The summed E-state index contributed by atoms with van der Waals surface area (Å²) in [6.07, 6.45) is 1.68. The van der Waals surface area contributed by atoms with Crippen LogP contribution in [0.2, 0.25) is 5.02 Å². The Labute approximate surface area is 206 Å². The molecule has 0 spiro atoms. The Morgan fingerprint density at radius 2 is 1.71 bits per heavy atom. The van der Waals surface area contributed by atoms with Crippen LogP contribution in [-0.4, -0.2) is 29.2 Å². The van der Waals surface area contributed by atoms with Crippen molar-refractivity contribution in [3.8, 4) is 17.6 Å². The normalized spacial score (nSPS) is 14.4. The molecule has 0 radical (unpaired) electrons. The van der Waals surface area contributed by atoms with E-state index >= 15 is 0 Å². The number of thioether (sulfide) groups is 1. The summed E-state index contributed by atoms with van der Waals surface area (Å²) in [6, 6.07) is 23.6. The van der Waals surface area contributed by atoms with Gasteiger partial charge in [0.2, 0.25) is 0 Å². The van der Waals surface area contributed by atoms with E-state index in [-0.39, 0.29) is 30.9 Å². The van der Waals surface area contributed by atoms with E-state index in [2.05, 4.69) is 6.07 Å². The Morgan fingerprint density at radius 3 is 2.47 bits per heavy atom. The van der Waals surface area contributed by atoms with Crippen molar-refractivity contribution in [2.45, 2.75) is 6.61 Å². The summed E-state index contributed by atoms with van der Waals surface area (Å²) < 4.78 is 11.4. The molecule has 1 saturated heterocycles. The van der Waals surface area contributed by atoms with Gasteiger partial charge in [-0.25, -0.2) is 0 Å². The average molecular weight is 491 g/mol. The molecule has 0 saturated carbocycles. The Balaban J connectivity index is 1.34. The van der Waals surface area contributed by atoms with Crippen LogP contribution in [0, 0.1) is 11.3 Å². The number of benzene rings is 3. The van der Waals surface area contributed by atoms with Gasteiger partial charge >= 0.3 is 0 Å². The summed E-state index contributed by atoms with van der Waals surface area (Å²) in [5.41, 5.74) is 2.15. The van der Waals surface area contributed by atoms with Gasteiger partial charge in [0.05, 0.1) is 28.1 Å². The highest BCUT2D eigenvalue weighted by molar-refractivity contribution is 8.18. The van der Waals surface area contributed by atoms with Gasteiger partial charge in [0.1, 0.15) is 24.7 Å². The lowest BCUT2D eigenvalue weighted by Gasteiger charge is -2.13. The molecule has 3 aromatic carbocycles. The minimum Gasteiger partial charge on any atom is -0.490 e. The lowest BCUT2D eigenvalue weighted by molar-refractivity contribution is -0.123. The first-order valence-electron chi connectivity index (χ1n) is 10.4. The second-order valence-corrected chi connectivity index (χ2v) is 8.64. The Bertz CT molecular complexity index is 1280. The lowest BCUT2D eigenvalue weighted by atomic mass is 10.1. The Kier molecular flexibility index (Phi) is 7.53. The molecule has 0 unspecified atom stereocenters. The summed E-state index contributed by atoms with van der Waals surface area (Å²) >= 11 is 6.96. The Hall–Kier alpha value is -3.73. The largest absolute Gasteiger partial charge is 0.490 e. The third-order valence-electron chi connectivity index (χ3n) is 4.99. The predicted octanol–water partition coefficient (Wildman–Crippen LogP) is 5.91. The van der Waals surface area contributed by atoms with E-state index in [1.54, 1.807) is 60.7 Å². The highest BCUT2D eigenvalue weighted by atomic mass is 35.5. The monoisotopic (exact) mass is 490 g/mol. The number of nitrogens with zero attached hydrogens (tertiary/aromatic N) is 2. The molecule has 34 heavy (non-hydrogen) atoms. The summed E-state index contributed by atoms with van der Waals surface area (Å²) in [5.74, 6) is 0.783. The van der Waals surface area contributed by atoms with Crippen LogP contribution in [0.15, 0.2) is 77.7 Å². The number of imide groups is 1. The van der Waals surface area contributed by atoms with E-state index in [1.165, 1.54) is 0 Å². The maximum Gasteiger partial charge on any atom is 0.293 e. The van der Waals surface area contributed by atoms with Crippen LogP contribution in [0.25, 0.3) is 6.08 Å². The van der Waals surface area contributed by atoms with Gasteiger partial charge in [-0.1, -0.05) is 54.1 Å². The molecule has 0 aromatic heterocycles. The summed E-state index contributed by atoms with van der Waals surface area (Å²) in [7, 11) is 0. The van der Waals surface area contributed by atoms with Gasteiger partial charge in [0, 0.05) is 5.56 Å². The van der Waals surface area contributed by atoms with Crippen LogP contribution in [-0.2, 0) is 11.4 Å². The first-order chi connectivity index (χ1) is 16.5. The van der Waals surface area contributed by atoms with Crippen LogP contribution >= 0.6 is 23.4 Å².